The molecule has 1 aliphatic rings. The Morgan fingerprint density at radius 3 is 2.67 bits per heavy atom. The highest BCUT2D eigenvalue weighted by molar-refractivity contribution is 7.89. The molecule has 1 aliphatic carbocycles. The summed E-state index contributed by atoms with van der Waals surface area (Å²) >= 11 is 0. The number of aliphatic hydroxyl groups is 1. The molecule has 6 nitrogen and oxygen atoms in total. The zero-order valence-electron chi connectivity index (χ0n) is 11.7. The molecule has 21 heavy (non-hydrogen) atoms. The van der Waals surface area contributed by atoms with E-state index >= 15 is 0 Å². The van der Waals surface area contributed by atoms with Gasteiger partial charge >= 0.3 is 5.97 Å². The first-order valence-corrected chi connectivity index (χ1v) is 8.32. The lowest BCUT2D eigenvalue weighted by atomic mass is 10.1. The van der Waals surface area contributed by atoms with Crippen molar-refractivity contribution in [3.8, 4) is 0 Å². The van der Waals surface area contributed by atoms with E-state index in [2.05, 4.69) is 4.72 Å². The van der Waals surface area contributed by atoms with Gasteiger partial charge in [0.2, 0.25) is 10.0 Å². The number of carboxylic acids is 1. The average Bonchev–Trinajstić information content (AvgIpc) is 2.82. The highest BCUT2D eigenvalue weighted by atomic mass is 32.2. The monoisotopic (exact) mass is 313 g/mol. The lowest BCUT2D eigenvalue weighted by Gasteiger charge is -2.16. The third kappa shape index (κ3) is 3.42. The van der Waals surface area contributed by atoms with E-state index in [4.69, 9.17) is 5.11 Å². The van der Waals surface area contributed by atoms with Crippen LogP contribution in [0.3, 0.4) is 0 Å². The molecule has 0 heterocycles. The molecule has 2 rings (SSSR count). The largest absolute Gasteiger partial charge is 0.478 e. The zero-order valence-corrected chi connectivity index (χ0v) is 12.6. The molecule has 0 aliphatic heterocycles. The predicted octanol–water partition coefficient (Wildman–Crippen LogP) is 1.13. The van der Waals surface area contributed by atoms with Crippen molar-refractivity contribution in [3.05, 3.63) is 29.3 Å². The summed E-state index contributed by atoms with van der Waals surface area (Å²) in [6, 6.07) is 4.17. The summed E-state index contributed by atoms with van der Waals surface area (Å²) in [5.41, 5.74) is 0.184. The molecule has 1 aromatic carbocycles. The molecule has 2 atom stereocenters. The summed E-state index contributed by atoms with van der Waals surface area (Å²) in [5.74, 6) is -1.24. The van der Waals surface area contributed by atoms with Gasteiger partial charge in [-0.2, -0.15) is 0 Å². The van der Waals surface area contributed by atoms with Gasteiger partial charge in [-0.1, -0.05) is 12.5 Å². The van der Waals surface area contributed by atoms with Crippen LogP contribution < -0.4 is 4.72 Å². The summed E-state index contributed by atoms with van der Waals surface area (Å²) < 4.78 is 27.1. The number of hydrogen-bond donors (Lipinski definition) is 3. The molecule has 0 saturated heterocycles. The van der Waals surface area contributed by atoms with Crippen molar-refractivity contribution in [1.82, 2.24) is 4.72 Å². The second-order valence-corrected chi connectivity index (χ2v) is 7.08. The van der Waals surface area contributed by atoms with E-state index < -0.39 is 22.1 Å². The average molecular weight is 313 g/mol. The maximum atomic E-state index is 12.3. The minimum atomic E-state index is -3.78. The van der Waals surface area contributed by atoms with Crippen molar-refractivity contribution in [2.24, 2.45) is 5.92 Å². The fraction of sp³-hybridized carbons (Fsp3) is 0.500. The summed E-state index contributed by atoms with van der Waals surface area (Å²) in [7, 11) is -3.78. The Hall–Kier alpha value is -1.44. The first-order chi connectivity index (χ1) is 9.83. The first kappa shape index (κ1) is 15.9. The standard InChI is InChI=1S/C14H19NO5S/c1-9-11(14(17)18)5-3-7-13(9)21(19,20)15-8-10-4-2-6-12(10)16/h3,5,7,10,12,15-16H,2,4,6,8H2,1H3,(H,17,18). The van der Waals surface area contributed by atoms with Gasteiger partial charge in [0.15, 0.2) is 0 Å². The van der Waals surface area contributed by atoms with Crippen LogP contribution in [0.15, 0.2) is 23.1 Å². The van der Waals surface area contributed by atoms with Gasteiger partial charge in [-0.15, -0.1) is 0 Å². The van der Waals surface area contributed by atoms with Crippen LogP contribution in [0.25, 0.3) is 0 Å². The van der Waals surface area contributed by atoms with Crippen molar-refractivity contribution < 1.29 is 23.4 Å². The number of rotatable bonds is 5. The first-order valence-electron chi connectivity index (χ1n) is 6.83. The molecule has 2 unspecified atom stereocenters. The second-order valence-electron chi connectivity index (χ2n) is 5.34. The molecule has 0 radical (unpaired) electrons. The summed E-state index contributed by atoms with van der Waals surface area (Å²) in [6.07, 6.45) is 1.90. The third-order valence-electron chi connectivity index (χ3n) is 3.96. The smallest absolute Gasteiger partial charge is 0.335 e. The van der Waals surface area contributed by atoms with Gasteiger partial charge in [0.25, 0.3) is 0 Å². The van der Waals surface area contributed by atoms with Gasteiger partial charge in [-0.05, 0) is 43.4 Å². The minimum absolute atomic E-state index is 0.0289. The molecular formula is C14H19NO5S. The summed E-state index contributed by atoms with van der Waals surface area (Å²) in [5, 5.41) is 18.8. The van der Waals surface area contributed by atoms with E-state index in [1.807, 2.05) is 0 Å². The molecule has 1 saturated carbocycles. The maximum absolute atomic E-state index is 12.3. The quantitative estimate of drug-likeness (QED) is 0.756. The van der Waals surface area contributed by atoms with E-state index in [1.165, 1.54) is 25.1 Å². The third-order valence-corrected chi connectivity index (χ3v) is 5.53. The van der Waals surface area contributed by atoms with Crippen LogP contribution in [0.1, 0.15) is 35.2 Å². The van der Waals surface area contributed by atoms with Crippen LogP contribution in [0.4, 0.5) is 0 Å². The van der Waals surface area contributed by atoms with Gasteiger partial charge in [0.05, 0.1) is 16.6 Å². The summed E-state index contributed by atoms with van der Waals surface area (Å²) in [4.78, 5) is 11.0. The van der Waals surface area contributed by atoms with Crippen molar-refractivity contribution in [2.75, 3.05) is 6.54 Å². The molecular weight excluding hydrogens is 294 g/mol. The Bertz CT molecular complexity index is 641. The fourth-order valence-electron chi connectivity index (χ4n) is 2.69. The SMILES string of the molecule is Cc1c(C(=O)O)cccc1S(=O)(=O)NCC1CCCC1O. The van der Waals surface area contributed by atoms with E-state index in [-0.39, 0.29) is 28.5 Å². The Morgan fingerprint density at radius 2 is 2.10 bits per heavy atom. The molecule has 7 heteroatoms. The van der Waals surface area contributed by atoms with Gasteiger partial charge in [0.1, 0.15) is 0 Å². The molecule has 0 bridgehead atoms. The highest BCUT2D eigenvalue weighted by Gasteiger charge is 2.27. The topological polar surface area (TPSA) is 104 Å². The van der Waals surface area contributed by atoms with Crippen LogP contribution in [-0.2, 0) is 10.0 Å². The normalized spacial score (nSPS) is 22.4. The van der Waals surface area contributed by atoms with Gasteiger partial charge in [-0.3, -0.25) is 0 Å². The van der Waals surface area contributed by atoms with Crippen LogP contribution in [0.2, 0.25) is 0 Å². The number of aromatic carboxylic acids is 1. The molecule has 116 valence electrons. The molecule has 0 spiro atoms. The van der Waals surface area contributed by atoms with Crippen LogP contribution in [0, 0.1) is 12.8 Å². The van der Waals surface area contributed by atoms with E-state index in [0.29, 0.717) is 6.42 Å². The molecule has 0 aromatic heterocycles. The number of carbonyl (C=O) groups is 1. The number of carboxylic acid groups (broad SMARTS) is 1. The van der Waals surface area contributed by atoms with Gasteiger partial charge in [-0.25, -0.2) is 17.9 Å². The summed E-state index contributed by atoms with van der Waals surface area (Å²) in [6.45, 7) is 1.64. The molecule has 0 amide bonds. The fourth-order valence-corrected chi connectivity index (χ4v) is 4.05. The Morgan fingerprint density at radius 1 is 1.38 bits per heavy atom. The van der Waals surface area contributed by atoms with Crippen molar-refractivity contribution >= 4 is 16.0 Å². The van der Waals surface area contributed by atoms with Gasteiger partial charge < -0.3 is 10.2 Å². The number of nitrogens with one attached hydrogen (secondary N) is 1. The van der Waals surface area contributed by atoms with E-state index in [1.54, 1.807) is 0 Å². The lowest BCUT2D eigenvalue weighted by molar-refractivity contribution is 0.0695. The minimum Gasteiger partial charge on any atom is -0.478 e. The van der Waals surface area contributed by atoms with E-state index in [9.17, 15) is 18.3 Å². The zero-order chi connectivity index (χ0) is 15.6. The Kier molecular flexibility index (Phi) is 4.65. The number of benzene rings is 1. The highest BCUT2D eigenvalue weighted by Crippen LogP contribution is 2.25. The number of aliphatic hydroxyl groups excluding tert-OH is 1. The lowest BCUT2D eigenvalue weighted by Crippen LogP contribution is -2.33. The van der Waals surface area contributed by atoms with Crippen molar-refractivity contribution in [3.63, 3.8) is 0 Å². The van der Waals surface area contributed by atoms with E-state index in [0.717, 1.165) is 12.8 Å². The van der Waals surface area contributed by atoms with Crippen LogP contribution in [0.5, 0.6) is 0 Å². The Balaban J connectivity index is 2.20. The predicted molar refractivity (Wildman–Crippen MR) is 76.7 cm³/mol. The van der Waals surface area contributed by atoms with Gasteiger partial charge in [0, 0.05) is 6.54 Å². The molecule has 3 N–H and O–H groups in total. The second kappa shape index (κ2) is 6.13. The molecule has 1 fully saturated rings. The van der Waals surface area contributed by atoms with Crippen LogP contribution in [-0.4, -0.2) is 37.2 Å². The number of hydrogen-bond acceptors (Lipinski definition) is 4. The van der Waals surface area contributed by atoms with Crippen molar-refractivity contribution in [1.29, 1.82) is 0 Å². The number of sulfonamides is 1. The maximum Gasteiger partial charge on any atom is 0.335 e. The van der Waals surface area contributed by atoms with Crippen molar-refractivity contribution in [2.45, 2.75) is 37.2 Å². The molecule has 1 aromatic rings. The van der Waals surface area contributed by atoms with Crippen LogP contribution >= 0.6 is 0 Å². The Labute approximate surface area is 123 Å².